The minimum absolute atomic E-state index is 0.380. The monoisotopic (exact) mass is 270 g/mol. The molecule has 0 radical (unpaired) electrons. The molecule has 0 bridgehead atoms. The van der Waals surface area contributed by atoms with Crippen molar-refractivity contribution in [1.82, 2.24) is 19.7 Å². The second-order valence-corrected chi connectivity index (χ2v) is 5.82. The zero-order valence-corrected chi connectivity index (χ0v) is 12.5. The zero-order valence-electron chi connectivity index (χ0n) is 12.5. The van der Waals surface area contributed by atoms with Crippen molar-refractivity contribution in [3.8, 4) is 0 Å². The summed E-state index contributed by atoms with van der Waals surface area (Å²) >= 11 is 0. The lowest BCUT2D eigenvalue weighted by atomic mass is 10.1. The van der Waals surface area contributed by atoms with Crippen LogP contribution < -0.4 is 0 Å². The minimum atomic E-state index is 0.380. The molecule has 106 valence electrons. The van der Waals surface area contributed by atoms with Crippen LogP contribution in [0.5, 0.6) is 0 Å². The second kappa shape index (κ2) is 5.37. The normalized spacial score (nSPS) is 16.6. The maximum Gasteiger partial charge on any atom is 0.0537 e. The predicted molar refractivity (Wildman–Crippen MR) is 79.3 cm³/mol. The van der Waals surface area contributed by atoms with Gasteiger partial charge in [-0.25, -0.2) is 0 Å². The third kappa shape index (κ3) is 2.61. The van der Waals surface area contributed by atoms with Gasteiger partial charge in [0, 0.05) is 49.2 Å². The Kier molecular flexibility index (Phi) is 3.57. The van der Waals surface area contributed by atoms with E-state index < -0.39 is 0 Å². The number of hydrogen-bond acceptors (Lipinski definition) is 3. The van der Waals surface area contributed by atoms with E-state index in [2.05, 4.69) is 52.8 Å². The van der Waals surface area contributed by atoms with Gasteiger partial charge in [-0.1, -0.05) is 0 Å². The first-order valence-corrected chi connectivity index (χ1v) is 7.27. The standard InChI is InChI=1S/C16H22N4/c1-12(13-6-8-17-9-7-13)19(2)11-15-10-18-20(3)16(15)14-4-5-14/h6-10,12,14H,4-5,11H2,1-3H3. The number of aryl methyl sites for hydroxylation is 1. The highest BCUT2D eigenvalue weighted by molar-refractivity contribution is 5.26. The molecular formula is C16H22N4. The van der Waals surface area contributed by atoms with Gasteiger partial charge in [0.15, 0.2) is 0 Å². The average molecular weight is 270 g/mol. The number of pyridine rings is 1. The molecule has 2 aromatic heterocycles. The molecule has 20 heavy (non-hydrogen) atoms. The van der Waals surface area contributed by atoms with Crippen LogP contribution in [0.15, 0.2) is 30.7 Å². The van der Waals surface area contributed by atoms with Crippen LogP contribution in [0.1, 0.15) is 48.5 Å². The van der Waals surface area contributed by atoms with Gasteiger partial charge < -0.3 is 0 Å². The van der Waals surface area contributed by atoms with Gasteiger partial charge in [-0.2, -0.15) is 5.10 Å². The molecule has 3 rings (SSSR count). The molecule has 0 saturated heterocycles. The maximum atomic E-state index is 4.44. The van der Waals surface area contributed by atoms with Gasteiger partial charge >= 0.3 is 0 Å². The summed E-state index contributed by atoms with van der Waals surface area (Å²) in [6.45, 7) is 3.19. The van der Waals surface area contributed by atoms with Crippen LogP contribution in [-0.4, -0.2) is 26.7 Å². The van der Waals surface area contributed by atoms with E-state index in [4.69, 9.17) is 0 Å². The van der Waals surface area contributed by atoms with E-state index in [9.17, 15) is 0 Å². The van der Waals surface area contributed by atoms with Crippen molar-refractivity contribution in [2.75, 3.05) is 7.05 Å². The van der Waals surface area contributed by atoms with E-state index in [0.29, 0.717) is 6.04 Å². The molecule has 0 aliphatic heterocycles. The van der Waals surface area contributed by atoms with Gasteiger partial charge in [0.05, 0.1) is 6.20 Å². The number of hydrogen-bond donors (Lipinski definition) is 0. The van der Waals surface area contributed by atoms with Crippen LogP contribution in [0.25, 0.3) is 0 Å². The van der Waals surface area contributed by atoms with E-state index in [1.807, 2.05) is 18.6 Å². The van der Waals surface area contributed by atoms with Gasteiger partial charge in [-0.15, -0.1) is 0 Å². The number of aromatic nitrogens is 3. The number of nitrogens with zero attached hydrogens (tertiary/aromatic N) is 4. The summed E-state index contributed by atoms with van der Waals surface area (Å²) in [7, 11) is 4.23. The Morgan fingerprint density at radius 2 is 2.05 bits per heavy atom. The van der Waals surface area contributed by atoms with E-state index in [1.54, 1.807) is 0 Å². The summed E-state index contributed by atoms with van der Waals surface area (Å²) in [5.74, 6) is 0.738. The molecule has 4 nitrogen and oxygen atoms in total. The highest BCUT2D eigenvalue weighted by Gasteiger charge is 2.29. The highest BCUT2D eigenvalue weighted by Crippen LogP contribution is 2.41. The molecule has 0 aromatic carbocycles. The lowest BCUT2D eigenvalue weighted by molar-refractivity contribution is 0.252. The van der Waals surface area contributed by atoms with Crippen LogP contribution in [-0.2, 0) is 13.6 Å². The molecule has 1 aliphatic carbocycles. The fraction of sp³-hybridized carbons (Fsp3) is 0.500. The first-order valence-electron chi connectivity index (χ1n) is 7.27. The lowest BCUT2D eigenvalue weighted by Gasteiger charge is -2.25. The van der Waals surface area contributed by atoms with E-state index in [1.165, 1.54) is 29.7 Å². The Labute approximate surface area is 120 Å². The summed E-state index contributed by atoms with van der Waals surface area (Å²) in [5.41, 5.74) is 4.11. The highest BCUT2D eigenvalue weighted by atomic mass is 15.3. The maximum absolute atomic E-state index is 4.44. The summed E-state index contributed by atoms with van der Waals surface area (Å²) < 4.78 is 2.05. The summed E-state index contributed by atoms with van der Waals surface area (Å²) in [5, 5.41) is 4.44. The molecule has 1 saturated carbocycles. The smallest absolute Gasteiger partial charge is 0.0537 e. The Balaban J connectivity index is 1.74. The third-order valence-corrected chi connectivity index (χ3v) is 4.30. The van der Waals surface area contributed by atoms with Crippen molar-refractivity contribution in [1.29, 1.82) is 0 Å². The first-order chi connectivity index (χ1) is 9.66. The Morgan fingerprint density at radius 3 is 2.70 bits per heavy atom. The molecule has 0 spiro atoms. The van der Waals surface area contributed by atoms with Crippen molar-refractivity contribution < 1.29 is 0 Å². The summed E-state index contributed by atoms with van der Waals surface area (Å²) in [6, 6.07) is 4.56. The van der Waals surface area contributed by atoms with Crippen molar-refractivity contribution in [3.63, 3.8) is 0 Å². The van der Waals surface area contributed by atoms with Crippen LogP contribution >= 0.6 is 0 Å². The van der Waals surface area contributed by atoms with Crippen LogP contribution in [0, 0.1) is 0 Å². The summed E-state index contributed by atoms with van der Waals surface area (Å²) in [4.78, 5) is 6.46. The topological polar surface area (TPSA) is 34.0 Å². The molecule has 2 heterocycles. The van der Waals surface area contributed by atoms with Gasteiger partial charge in [-0.05, 0) is 44.5 Å². The molecule has 1 aliphatic rings. The van der Waals surface area contributed by atoms with Crippen molar-refractivity contribution in [2.45, 2.75) is 38.3 Å². The van der Waals surface area contributed by atoms with Gasteiger partial charge in [0.25, 0.3) is 0 Å². The van der Waals surface area contributed by atoms with Crippen molar-refractivity contribution in [3.05, 3.63) is 47.5 Å². The van der Waals surface area contributed by atoms with E-state index >= 15 is 0 Å². The second-order valence-electron chi connectivity index (χ2n) is 5.82. The Bertz CT molecular complexity index is 571. The predicted octanol–water partition coefficient (Wildman–Crippen LogP) is 2.89. The first kappa shape index (κ1) is 13.3. The van der Waals surface area contributed by atoms with Crippen LogP contribution in [0.2, 0.25) is 0 Å². The minimum Gasteiger partial charge on any atom is -0.295 e. The number of rotatable bonds is 5. The molecule has 0 amide bonds. The van der Waals surface area contributed by atoms with Gasteiger partial charge in [-0.3, -0.25) is 14.6 Å². The van der Waals surface area contributed by atoms with Crippen LogP contribution in [0.4, 0.5) is 0 Å². The SMILES string of the molecule is CC(c1ccncc1)N(C)Cc1cnn(C)c1C1CC1. The molecule has 1 fully saturated rings. The largest absolute Gasteiger partial charge is 0.295 e. The van der Waals surface area contributed by atoms with Crippen molar-refractivity contribution >= 4 is 0 Å². The summed E-state index contributed by atoms with van der Waals surface area (Å²) in [6.07, 6.45) is 8.38. The lowest BCUT2D eigenvalue weighted by Crippen LogP contribution is -2.22. The third-order valence-electron chi connectivity index (χ3n) is 4.30. The molecule has 2 aromatic rings. The van der Waals surface area contributed by atoms with E-state index in [-0.39, 0.29) is 0 Å². The average Bonchev–Trinajstić information content (AvgIpc) is 3.24. The Hall–Kier alpha value is -1.68. The van der Waals surface area contributed by atoms with Crippen molar-refractivity contribution in [2.24, 2.45) is 7.05 Å². The zero-order chi connectivity index (χ0) is 14.1. The van der Waals surface area contributed by atoms with Gasteiger partial charge in [0.1, 0.15) is 0 Å². The fourth-order valence-electron chi connectivity index (χ4n) is 2.80. The van der Waals surface area contributed by atoms with Gasteiger partial charge in [0.2, 0.25) is 0 Å². The van der Waals surface area contributed by atoms with Crippen LogP contribution in [0.3, 0.4) is 0 Å². The molecule has 0 N–H and O–H groups in total. The molecule has 1 unspecified atom stereocenters. The molecular weight excluding hydrogens is 248 g/mol. The molecule has 4 heteroatoms. The Morgan fingerprint density at radius 1 is 1.35 bits per heavy atom. The fourth-order valence-corrected chi connectivity index (χ4v) is 2.80. The quantitative estimate of drug-likeness (QED) is 0.837. The molecule has 1 atom stereocenters. The van der Waals surface area contributed by atoms with E-state index in [0.717, 1.165) is 12.5 Å².